The summed E-state index contributed by atoms with van der Waals surface area (Å²) < 4.78 is 0.516. The number of hydrogen-bond donors (Lipinski definition) is 4. The smallest absolute Gasteiger partial charge is 0.339 e. The predicted molar refractivity (Wildman–Crippen MR) is 82.8 cm³/mol. The van der Waals surface area contributed by atoms with Crippen LogP contribution in [0.4, 0.5) is 0 Å². The molecule has 0 aliphatic rings. The van der Waals surface area contributed by atoms with Crippen LogP contribution in [0.3, 0.4) is 0 Å². The second kappa shape index (κ2) is 7.67. The number of benzene rings is 2. The third-order valence-electron chi connectivity index (χ3n) is 2.39. The zero-order chi connectivity index (χ0) is 16.9. The molecular weight excluding hydrogens is 380 g/mol. The Morgan fingerprint density at radius 3 is 1.95 bits per heavy atom. The number of para-hydroxylation sites is 1. The highest BCUT2D eigenvalue weighted by Gasteiger charge is 2.13. The number of hydrogen-bond acceptors (Lipinski definition) is 4. The molecule has 0 fully saturated rings. The summed E-state index contributed by atoms with van der Waals surface area (Å²) in [6.07, 6.45) is 0. The van der Waals surface area contributed by atoms with Crippen molar-refractivity contribution in [3.63, 3.8) is 0 Å². The highest BCUT2D eigenvalue weighted by atomic mass is 79.9. The number of aromatic hydroxyl groups is 2. The first kappa shape index (κ1) is 17.8. The summed E-state index contributed by atoms with van der Waals surface area (Å²) in [6, 6.07) is 8.51. The van der Waals surface area contributed by atoms with E-state index in [4.69, 9.17) is 32.0 Å². The van der Waals surface area contributed by atoms with Gasteiger partial charge in [-0.3, -0.25) is 0 Å². The van der Waals surface area contributed by atoms with Gasteiger partial charge in [-0.1, -0.05) is 39.7 Å². The van der Waals surface area contributed by atoms with Gasteiger partial charge in [-0.25, -0.2) is 9.59 Å². The van der Waals surface area contributed by atoms with Gasteiger partial charge in [0.15, 0.2) is 0 Å². The molecule has 0 atom stereocenters. The molecule has 0 aliphatic heterocycles. The van der Waals surface area contributed by atoms with Gasteiger partial charge in [-0.05, 0) is 24.3 Å². The van der Waals surface area contributed by atoms with Crippen molar-refractivity contribution in [2.75, 3.05) is 0 Å². The predicted octanol–water partition coefficient (Wildman–Crippen LogP) is 3.60. The number of aromatic carboxylic acids is 2. The van der Waals surface area contributed by atoms with Crippen LogP contribution >= 0.6 is 27.5 Å². The number of phenols is 2. The molecule has 0 unspecified atom stereocenters. The largest absolute Gasteiger partial charge is 0.507 e. The van der Waals surface area contributed by atoms with Gasteiger partial charge in [0.2, 0.25) is 0 Å². The van der Waals surface area contributed by atoms with Crippen LogP contribution in [0.15, 0.2) is 40.9 Å². The SMILES string of the molecule is O=C(O)c1cc(Br)cc(Cl)c1O.O=C(O)c1ccccc1O. The minimum atomic E-state index is -1.21. The van der Waals surface area contributed by atoms with Crippen LogP contribution in [-0.4, -0.2) is 32.4 Å². The van der Waals surface area contributed by atoms with Crippen LogP contribution in [0, 0.1) is 0 Å². The van der Waals surface area contributed by atoms with E-state index in [0.29, 0.717) is 4.47 Å². The highest BCUT2D eigenvalue weighted by Crippen LogP contribution is 2.31. The van der Waals surface area contributed by atoms with Crippen LogP contribution in [0.1, 0.15) is 20.7 Å². The van der Waals surface area contributed by atoms with E-state index >= 15 is 0 Å². The molecule has 0 radical (unpaired) electrons. The molecule has 0 aliphatic carbocycles. The summed E-state index contributed by atoms with van der Waals surface area (Å²) >= 11 is 8.58. The first-order valence-electron chi connectivity index (χ1n) is 5.66. The summed E-state index contributed by atoms with van der Waals surface area (Å²) in [5.41, 5.74) is -0.281. The lowest BCUT2D eigenvalue weighted by Crippen LogP contribution is -1.96. The van der Waals surface area contributed by atoms with Crippen molar-refractivity contribution >= 4 is 39.5 Å². The Balaban J connectivity index is 0.000000224. The number of carboxylic acid groups (broad SMARTS) is 2. The third kappa shape index (κ3) is 4.64. The Morgan fingerprint density at radius 1 is 0.955 bits per heavy atom. The van der Waals surface area contributed by atoms with Gasteiger partial charge < -0.3 is 20.4 Å². The topological polar surface area (TPSA) is 115 Å². The summed E-state index contributed by atoms with van der Waals surface area (Å²) in [4.78, 5) is 20.7. The number of rotatable bonds is 2. The molecule has 0 bridgehead atoms. The van der Waals surface area contributed by atoms with E-state index in [0.717, 1.165) is 0 Å². The van der Waals surface area contributed by atoms with Crippen molar-refractivity contribution in [1.29, 1.82) is 0 Å². The maximum Gasteiger partial charge on any atom is 0.339 e. The van der Waals surface area contributed by atoms with Crippen molar-refractivity contribution in [2.45, 2.75) is 0 Å². The normalized spacial score (nSPS) is 9.55. The first-order chi connectivity index (χ1) is 10.2. The maximum absolute atomic E-state index is 10.5. The number of carboxylic acids is 2. The molecule has 2 rings (SSSR count). The van der Waals surface area contributed by atoms with Gasteiger partial charge in [0.25, 0.3) is 0 Å². The average molecular weight is 390 g/mol. The fraction of sp³-hybridized carbons (Fsp3) is 0. The summed E-state index contributed by atoms with van der Waals surface area (Å²) in [7, 11) is 0. The summed E-state index contributed by atoms with van der Waals surface area (Å²) in [6.45, 7) is 0. The minimum Gasteiger partial charge on any atom is -0.507 e. The quantitative estimate of drug-likeness (QED) is 0.624. The second-order valence-corrected chi connectivity index (χ2v) is 5.23. The fourth-order valence-electron chi connectivity index (χ4n) is 1.38. The fourth-order valence-corrected chi connectivity index (χ4v) is 2.19. The molecule has 0 heterocycles. The van der Waals surface area contributed by atoms with E-state index in [2.05, 4.69) is 15.9 Å². The van der Waals surface area contributed by atoms with Gasteiger partial charge in [0.1, 0.15) is 22.6 Å². The van der Waals surface area contributed by atoms with Crippen molar-refractivity contribution in [2.24, 2.45) is 0 Å². The van der Waals surface area contributed by atoms with Gasteiger partial charge >= 0.3 is 11.9 Å². The third-order valence-corrected chi connectivity index (χ3v) is 3.14. The van der Waals surface area contributed by atoms with Crippen molar-refractivity contribution in [3.8, 4) is 11.5 Å². The van der Waals surface area contributed by atoms with Crippen molar-refractivity contribution in [3.05, 3.63) is 57.0 Å². The molecule has 116 valence electrons. The highest BCUT2D eigenvalue weighted by molar-refractivity contribution is 9.10. The molecule has 2 aromatic rings. The molecule has 0 saturated heterocycles. The van der Waals surface area contributed by atoms with Crippen LogP contribution in [-0.2, 0) is 0 Å². The van der Waals surface area contributed by atoms with Crippen molar-refractivity contribution in [1.82, 2.24) is 0 Å². The van der Waals surface area contributed by atoms with E-state index in [1.165, 1.54) is 24.3 Å². The summed E-state index contributed by atoms with van der Waals surface area (Å²) in [5, 5.41) is 35.1. The standard InChI is InChI=1S/C7H4BrClO3.C7H6O3/c8-3-1-4(7(11)12)6(10)5(9)2-3;8-6-4-2-1-3-5(6)7(9)10/h1-2,10H,(H,11,12);1-4,8H,(H,9,10). The van der Waals surface area contributed by atoms with Gasteiger partial charge in [-0.2, -0.15) is 0 Å². The van der Waals surface area contributed by atoms with Crippen LogP contribution < -0.4 is 0 Å². The first-order valence-corrected chi connectivity index (χ1v) is 6.83. The van der Waals surface area contributed by atoms with E-state index in [1.807, 2.05) is 0 Å². The molecule has 4 N–H and O–H groups in total. The van der Waals surface area contributed by atoms with Gasteiger partial charge in [0, 0.05) is 4.47 Å². The second-order valence-electron chi connectivity index (χ2n) is 3.91. The van der Waals surface area contributed by atoms with E-state index in [9.17, 15) is 9.59 Å². The minimum absolute atomic E-state index is 0.0155. The van der Waals surface area contributed by atoms with Gasteiger partial charge in [0.05, 0.1) is 5.02 Å². The number of halogens is 2. The Bertz CT molecular complexity index is 716. The zero-order valence-corrected chi connectivity index (χ0v) is 13.2. The molecule has 8 heteroatoms. The van der Waals surface area contributed by atoms with E-state index in [1.54, 1.807) is 12.1 Å². The molecule has 0 spiro atoms. The van der Waals surface area contributed by atoms with Crippen molar-refractivity contribution < 1.29 is 30.0 Å². The Labute approximate surface area is 138 Å². The molecule has 22 heavy (non-hydrogen) atoms. The van der Waals surface area contributed by atoms with E-state index in [-0.39, 0.29) is 21.9 Å². The average Bonchev–Trinajstić information content (AvgIpc) is 2.43. The van der Waals surface area contributed by atoms with E-state index < -0.39 is 17.7 Å². The molecule has 2 aromatic carbocycles. The number of carbonyl (C=O) groups is 2. The Morgan fingerprint density at radius 2 is 1.50 bits per heavy atom. The van der Waals surface area contributed by atoms with Gasteiger partial charge in [-0.15, -0.1) is 0 Å². The monoisotopic (exact) mass is 388 g/mol. The molecule has 0 aromatic heterocycles. The Kier molecular flexibility index (Phi) is 6.21. The molecule has 0 amide bonds. The van der Waals surface area contributed by atoms with Crippen LogP contribution in [0.25, 0.3) is 0 Å². The van der Waals surface area contributed by atoms with Crippen LogP contribution in [0.2, 0.25) is 5.02 Å². The summed E-state index contributed by atoms with van der Waals surface area (Å²) in [5.74, 6) is -2.93. The van der Waals surface area contributed by atoms with Crippen LogP contribution in [0.5, 0.6) is 11.5 Å². The lowest BCUT2D eigenvalue weighted by molar-refractivity contribution is 0.0682. The lowest BCUT2D eigenvalue weighted by atomic mass is 10.2. The zero-order valence-electron chi connectivity index (χ0n) is 10.8. The molecular formula is C14H10BrClO6. The molecule has 0 saturated carbocycles. The molecule has 6 nitrogen and oxygen atoms in total. The Hall–Kier alpha value is -2.25. The maximum atomic E-state index is 10.5. The lowest BCUT2D eigenvalue weighted by Gasteiger charge is -2.01.